The highest BCUT2D eigenvalue weighted by atomic mass is 79.9. The van der Waals surface area contributed by atoms with Crippen LogP contribution in [0.4, 0.5) is 5.82 Å². The number of aromatic nitrogens is 2. The van der Waals surface area contributed by atoms with Crippen LogP contribution in [0.2, 0.25) is 0 Å². The van der Waals surface area contributed by atoms with Crippen molar-refractivity contribution in [2.45, 2.75) is 52.5 Å². The SMILES string of the molecule is CCC(CC)n1nc(C(C)C)c(Br)c1N. The summed E-state index contributed by atoms with van der Waals surface area (Å²) < 4.78 is 2.92. The summed E-state index contributed by atoms with van der Waals surface area (Å²) in [5.74, 6) is 1.16. The average Bonchev–Trinajstić information content (AvgIpc) is 2.48. The van der Waals surface area contributed by atoms with E-state index in [1.54, 1.807) is 0 Å². The van der Waals surface area contributed by atoms with Crippen LogP contribution in [0.3, 0.4) is 0 Å². The smallest absolute Gasteiger partial charge is 0.136 e. The predicted octanol–water partition coefficient (Wildman–Crippen LogP) is 3.71. The monoisotopic (exact) mass is 273 g/mol. The van der Waals surface area contributed by atoms with E-state index in [-0.39, 0.29) is 0 Å². The van der Waals surface area contributed by atoms with Gasteiger partial charge in [-0.05, 0) is 34.7 Å². The average molecular weight is 274 g/mol. The minimum Gasteiger partial charge on any atom is -0.383 e. The molecule has 15 heavy (non-hydrogen) atoms. The van der Waals surface area contributed by atoms with E-state index in [4.69, 9.17) is 5.73 Å². The van der Waals surface area contributed by atoms with E-state index in [2.05, 4.69) is 48.7 Å². The summed E-state index contributed by atoms with van der Waals surface area (Å²) in [6.07, 6.45) is 2.12. The molecule has 0 aliphatic rings. The highest BCUT2D eigenvalue weighted by Crippen LogP contribution is 2.32. The molecule has 1 rings (SSSR count). The molecule has 0 atom stereocenters. The van der Waals surface area contributed by atoms with Gasteiger partial charge < -0.3 is 5.73 Å². The van der Waals surface area contributed by atoms with Crippen molar-refractivity contribution < 1.29 is 0 Å². The van der Waals surface area contributed by atoms with E-state index in [9.17, 15) is 0 Å². The van der Waals surface area contributed by atoms with Crippen LogP contribution in [0.1, 0.15) is 58.2 Å². The largest absolute Gasteiger partial charge is 0.383 e. The van der Waals surface area contributed by atoms with Crippen molar-refractivity contribution in [3.63, 3.8) is 0 Å². The van der Waals surface area contributed by atoms with Gasteiger partial charge in [-0.15, -0.1) is 0 Å². The van der Waals surface area contributed by atoms with Gasteiger partial charge >= 0.3 is 0 Å². The predicted molar refractivity (Wildman–Crippen MR) is 68.0 cm³/mol. The summed E-state index contributed by atoms with van der Waals surface area (Å²) in [6, 6.07) is 0.411. The first-order valence-corrected chi connectivity index (χ1v) is 6.35. The van der Waals surface area contributed by atoms with Gasteiger partial charge in [-0.1, -0.05) is 27.7 Å². The van der Waals surface area contributed by atoms with E-state index in [0.717, 1.165) is 28.8 Å². The van der Waals surface area contributed by atoms with Crippen LogP contribution in [-0.4, -0.2) is 9.78 Å². The van der Waals surface area contributed by atoms with Crippen molar-refractivity contribution in [2.75, 3.05) is 5.73 Å². The summed E-state index contributed by atoms with van der Waals surface area (Å²) in [4.78, 5) is 0. The lowest BCUT2D eigenvalue weighted by Crippen LogP contribution is -2.12. The molecule has 1 aromatic heterocycles. The zero-order valence-corrected chi connectivity index (χ0v) is 11.5. The van der Waals surface area contributed by atoms with Crippen molar-refractivity contribution in [3.8, 4) is 0 Å². The van der Waals surface area contributed by atoms with Crippen molar-refractivity contribution in [3.05, 3.63) is 10.2 Å². The number of nitrogens with zero attached hydrogens (tertiary/aromatic N) is 2. The van der Waals surface area contributed by atoms with Gasteiger partial charge in [0.05, 0.1) is 16.2 Å². The number of anilines is 1. The van der Waals surface area contributed by atoms with E-state index in [1.807, 2.05) is 4.68 Å². The zero-order chi connectivity index (χ0) is 11.6. The second kappa shape index (κ2) is 5.01. The van der Waals surface area contributed by atoms with E-state index < -0.39 is 0 Å². The molecule has 2 N–H and O–H groups in total. The summed E-state index contributed by atoms with van der Waals surface area (Å²) in [5, 5.41) is 4.60. The van der Waals surface area contributed by atoms with Gasteiger partial charge in [0, 0.05) is 0 Å². The van der Waals surface area contributed by atoms with Crippen LogP contribution in [0.25, 0.3) is 0 Å². The molecule has 1 aromatic rings. The van der Waals surface area contributed by atoms with Crippen LogP contribution < -0.4 is 5.73 Å². The Kier molecular flexibility index (Phi) is 4.20. The van der Waals surface area contributed by atoms with Gasteiger partial charge in [0.2, 0.25) is 0 Å². The molecule has 1 heterocycles. The maximum Gasteiger partial charge on any atom is 0.136 e. The number of hydrogen-bond acceptors (Lipinski definition) is 2. The lowest BCUT2D eigenvalue weighted by Gasteiger charge is -2.14. The minimum atomic E-state index is 0.400. The number of nitrogen functional groups attached to an aromatic ring is 1. The van der Waals surface area contributed by atoms with Crippen LogP contribution in [0.15, 0.2) is 4.47 Å². The van der Waals surface area contributed by atoms with Crippen LogP contribution in [0, 0.1) is 0 Å². The molecule has 0 radical (unpaired) electrons. The fourth-order valence-corrected chi connectivity index (χ4v) is 2.45. The molecule has 0 aliphatic heterocycles. The number of nitrogens with two attached hydrogens (primary N) is 1. The topological polar surface area (TPSA) is 43.8 Å². The van der Waals surface area contributed by atoms with E-state index in [1.165, 1.54) is 0 Å². The highest BCUT2D eigenvalue weighted by molar-refractivity contribution is 9.10. The Morgan fingerprint density at radius 3 is 2.20 bits per heavy atom. The third-order valence-electron chi connectivity index (χ3n) is 2.75. The molecule has 0 saturated carbocycles. The molecule has 0 aromatic carbocycles. The van der Waals surface area contributed by atoms with Crippen LogP contribution >= 0.6 is 15.9 Å². The highest BCUT2D eigenvalue weighted by Gasteiger charge is 2.19. The molecule has 86 valence electrons. The third-order valence-corrected chi connectivity index (χ3v) is 3.56. The lowest BCUT2D eigenvalue weighted by atomic mass is 10.1. The maximum atomic E-state index is 6.05. The second-order valence-corrected chi connectivity index (χ2v) is 4.95. The first-order chi connectivity index (χ1) is 7.02. The molecular weight excluding hydrogens is 254 g/mol. The Hall–Kier alpha value is -0.510. The molecule has 0 unspecified atom stereocenters. The van der Waals surface area contributed by atoms with E-state index >= 15 is 0 Å². The first kappa shape index (κ1) is 12.6. The van der Waals surface area contributed by atoms with Crippen molar-refractivity contribution in [1.29, 1.82) is 0 Å². The number of rotatable bonds is 4. The first-order valence-electron chi connectivity index (χ1n) is 5.56. The molecule has 0 fully saturated rings. The Bertz CT molecular complexity index is 327. The number of halogens is 1. The maximum absolute atomic E-state index is 6.05. The molecule has 0 amide bonds. The fraction of sp³-hybridized carbons (Fsp3) is 0.727. The minimum absolute atomic E-state index is 0.400. The summed E-state index contributed by atoms with van der Waals surface area (Å²) in [5.41, 5.74) is 7.10. The van der Waals surface area contributed by atoms with Gasteiger partial charge in [0.15, 0.2) is 0 Å². The Labute approximate surface area is 100 Å². The fourth-order valence-electron chi connectivity index (χ4n) is 1.73. The Morgan fingerprint density at radius 2 is 1.87 bits per heavy atom. The van der Waals surface area contributed by atoms with Crippen LogP contribution in [-0.2, 0) is 0 Å². The van der Waals surface area contributed by atoms with Gasteiger partial charge in [0.1, 0.15) is 5.82 Å². The van der Waals surface area contributed by atoms with Gasteiger partial charge in [-0.3, -0.25) is 0 Å². The lowest BCUT2D eigenvalue weighted by molar-refractivity contribution is 0.430. The molecular formula is C11H20BrN3. The van der Waals surface area contributed by atoms with Crippen molar-refractivity contribution in [1.82, 2.24) is 9.78 Å². The molecule has 0 bridgehead atoms. The molecule has 0 aliphatic carbocycles. The Morgan fingerprint density at radius 1 is 1.33 bits per heavy atom. The molecule has 0 spiro atoms. The molecule has 3 nitrogen and oxygen atoms in total. The van der Waals surface area contributed by atoms with Crippen molar-refractivity contribution in [2.24, 2.45) is 0 Å². The van der Waals surface area contributed by atoms with Gasteiger partial charge in [-0.25, -0.2) is 4.68 Å². The number of hydrogen-bond donors (Lipinski definition) is 1. The zero-order valence-electron chi connectivity index (χ0n) is 9.92. The second-order valence-electron chi connectivity index (χ2n) is 4.15. The van der Waals surface area contributed by atoms with Crippen molar-refractivity contribution >= 4 is 21.7 Å². The normalized spacial score (nSPS) is 11.7. The van der Waals surface area contributed by atoms with E-state index in [0.29, 0.717) is 12.0 Å². The van der Waals surface area contributed by atoms with Gasteiger partial charge in [-0.2, -0.15) is 5.10 Å². The summed E-state index contributed by atoms with van der Waals surface area (Å²) in [7, 11) is 0. The van der Waals surface area contributed by atoms with Gasteiger partial charge in [0.25, 0.3) is 0 Å². The van der Waals surface area contributed by atoms with Crippen LogP contribution in [0.5, 0.6) is 0 Å². The quantitative estimate of drug-likeness (QED) is 0.909. The summed E-state index contributed by atoms with van der Waals surface area (Å²) >= 11 is 3.52. The Balaban J connectivity index is 3.14. The standard InChI is InChI=1S/C11H20BrN3/c1-5-8(6-2)15-11(13)9(12)10(14-15)7(3)4/h7-8H,5-6,13H2,1-4H3. The third kappa shape index (κ3) is 2.36. The molecule has 4 heteroatoms. The molecule has 0 saturated heterocycles. The summed E-state index contributed by atoms with van der Waals surface area (Å²) in [6.45, 7) is 8.59.